The van der Waals surface area contributed by atoms with Gasteiger partial charge in [-0.15, -0.1) is 0 Å². The molecule has 1 aliphatic heterocycles. The molecular weight excluding hydrogens is 442 g/mol. The number of rotatable bonds is 6. The lowest BCUT2D eigenvalue weighted by Crippen LogP contribution is -2.51. The Morgan fingerprint density at radius 3 is 2.70 bits per heavy atom. The third-order valence-electron chi connectivity index (χ3n) is 6.53. The van der Waals surface area contributed by atoms with E-state index in [4.69, 9.17) is 4.74 Å². The van der Waals surface area contributed by atoms with E-state index >= 15 is 0 Å². The highest BCUT2D eigenvalue weighted by Crippen LogP contribution is 2.34. The SMILES string of the molecule is C/C=C/c1ccc2c(c1)O[C@@H](CN(C)C(=O)NC1CCCC1)[C@@H](C)CN([C@H](C)CO)S2(=O)=O. The van der Waals surface area contributed by atoms with Gasteiger partial charge in [0.2, 0.25) is 10.0 Å². The second-order valence-corrected chi connectivity index (χ2v) is 11.1. The van der Waals surface area contributed by atoms with Crippen molar-refractivity contribution in [3.05, 3.63) is 29.8 Å². The number of urea groups is 1. The minimum atomic E-state index is -3.87. The van der Waals surface area contributed by atoms with Crippen molar-refractivity contribution in [3.63, 3.8) is 0 Å². The summed E-state index contributed by atoms with van der Waals surface area (Å²) in [6.07, 6.45) is 7.61. The van der Waals surface area contributed by atoms with Gasteiger partial charge in [0.05, 0.1) is 13.2 Å². The van der Waals surface area contributed by atoms with Crippen LogP contribution in [0.5, 0.6) is 5.75 Å². The highest BCUT2D eigenvalue weighted by Gasteiger charge is 2.38. The van der Waals surface area contributed by atoms with E-state index in [1.54, 1.807) is 37.1 Å². The maximum absolute atomic E-state index is 13.5. The largest absolute Gasteiger partial charge is 0.487 e. The molecule has 2 amide bonds. The van der Waals surface area contributed by atoms with Crippen LogP contribution in [0.25, 0.3) is 6.08 Å². The molecule has 1 saturated carbocycles. The monoisotopic (exact) mass is 479 g/mol. The topological polar surface area (TPSA) is 99.2 Å². The number of hydrogen-bond acceptors (Lipinski definition) is 5. The summed E-state index contributed by atoms with van der Waals surface area (Å²) in [5.41, 5.74) is 0.826. The van der Waals surface area contributed by atoms with Gasteiger partial charge >= 0.3 is 6.03 Å². The molecule has 1 aromatic rings. The van der Waals surface area contributed by atoms with Crippen molar-refractivity contribution in [1.82, 2.24) is 14.5 Å². The Morgan fingerprint density at radius 1 is 1.36 bits per heavy atom. The molecule has 9 heteroatoms. The zero-order chi connectivity index (χ0) is 24.2. The van der Waals surface area contributed by atoms with E-state index in [-0.39, 0.29) is 41.8 Å². The van der Waals surface area contributed by atoms with E-state index in [0.717, 1.165) is 31.2 Å². The van der Waals surface area contributed by atoms with Gasteiger partial charge in [-0.05, 0) is 44.4 Å². The number of ether oxygens (including phenoxy) is 1. The van der Waals surface area contributed by atoms with Crippen LogP contribution in [0.4, 0.5) is 4.79 Å². The van der Waals surface area contributed by atoms with Crippen LogP contribution in [-0.2, 0) is 10.0 Å². The number of carbonyl (C=O) groups excluding carboxylic acids is 1. The Kier molecular flexibility index (Phi) is 8.42. The first-order chi connectivity index (χ1) is 15.7. The molecule has 2 aliphatic rings. The second kappa shape index (κ2) is 10.9. The molecule has 0 unspecified atom stereocenters. The predicted octanol–water partition coefficient (Wildman–Crippen LogP) is 3.07. The number of nitrogens with zero attached hydrogens (tertiary/aromatic N) is 2. The van der Waals surface area contributed by atoms with Crippen LogP contribution in [0.2, 0.25) is 0 Å². The smallest absolute Gasteiger partial charge is 0.317 e. The molecular formula is C24H37N3O5S. The van der Waals surface area contributed by atoms with Crippen molar-refractivity contribution in [2.24, 2.45) is 5.92 Å². The fraction of sp³-hybridized carbons (Fsp3) is 0.625. The number of carbonyl (C=O) groups is 1. The maximum atomic E-state index is 13.5. The first-order valence-corrected chi connectivity index (χ1v) is 13.2. The average molecular weight is 480 g/mol. The highest BCUT2D eigenvalue weighted by molar-refractivity contribution is 7.89. The number of allylic oxidation sites excluding steroid dienone is 1. The zero-order valence-electron chi connectivity index (χ0n) is 20.0. The van der Waals surface area contributed by atoms with Crippen LogP contribution >= 0.6 is 0 Å². The lowest BCUT2D eigenvalue weighted by molar-refractivity contribution is 0.0808. The standard InChI is InChI=1S/C24H37N3O5S/c1-5-8-19-11-12-23-21(13-19)32-22(15-26(4)24(29)25-20-9-6-7-10-20)17(2)14-27(18(3)16-28)33(23,30)31/h5,8,11-13,17-18,20,22,28H,6-7,9-10,14-16H2,1-4H3,(H,25,29)/b8-5+/t17-,18+,22-/m0/s1. The van der Waals surface area contributed by atoms with Crippen LogP contribution in [0.3, 0.4) is 0 Å². The average Bonchev–Trinajstić information content (AvgIpc) is 3.28. The van der Waals surface area contributed by atoms with Gasteiger partial charge in [-0.3, -0.25) is 0 Å². The number of nitrogens with one attached hydrogen (secondary N) is 1. The fourth-order valence-corrected chi connectivity index (χ4v) is 6.29. The minimum absolute atomic E-state index is 0.0750. The van der Waals surface area contributed by atoms with Gasteiger partial charge in [-0.25, -0.2) is 13.2 Å². The fourth-order valence-electron chi connectivity index (χ4n) is 4.46. The number of hydrogen-bond donors (Lipinski definition) is 2. The normalized spacial score (nSPS) is 24.5. The molecule has 3 rings (SSSR count). The van der Waals surface area contributed by atoms with Crippen molar-refractivity contribution in [3.8, 4) is 5.75 Å². The van der Waals surface area contributed by atoms with Gasteiger partial charge in [0, 0.05) is 31.6 Å². The molecule has 184 valence electrons. The van der Waals surface area contributed by atoms with Crippen LogP contribution in [0.15, 0.2) is 29.2 Å². The predicted molar refractivity (Wildman–Crippen MR) is 129 cm³/mol. The third-order valence-corrected chi connectivity index (χ3v) is 8.55. The summed E-state index contributed by atoms with van der Waals surface area (Å²) in [6, 6.07) is 4.51. The molecule has 0 spiro atoms. The first-order valence-electron chi connectivity index (χ1n) is 11.7. The summed E-state index contributed by atoms with van der Waals surface area (Å²) >= 11 is 0. The van der Waals surface area contributed by atoms with Gasteiger partial charge in [0.1, 0.15) is 16.7 Å². The maximum Gasteiger partial charge on any atom is 0.317 e. The Morgan fingerprint density at radius 2 is 2.06 bits per heavy atom. The van der Waals surface area contributed by atoms with E-state index in [1.807, 2.05) is 26.0 Å². The van der Waals surface area contributed by atoms with E-state index in [1.165, 1.54) is 4.31 Å². The Balaban J connectivity index is 1.92. The van der Waals surface area contributed by atoms with Gasteiger partial charge in [-0.2, -0.15) is 4.31 Å². The first kappa shape index (κ1) is 25.5. The van der Waals surface area contributed by atoms with Gasteiger partial charge in [-0.1, -0.05) is 38.0 Å². The number of amides is 2. The van der Waals surface area contributed by atoms with Crippen LogP contribution in [0.1, 0.15) is 52.0 Å². The summed E-state index contributed by atoms with van der Waals surface area (Å²) in [7, 11) is -2.13. The lowest BCUT2D eigenvalue weighted by atomic mass is 10.0. The molecule has 1 aliphatic carbocycles. The van der Waals surface area contributed by atoms with Crippen molar-refractivity contribution >= 4 is 22.1 Å². The van der Waals surface area contributed by atoms with Crippen molar-refractivity contribution < 1.29 is 23.1 Å². The quantitative estimate of drug-likeness (QED) is 0.653. The van der Waals surface area contributed by atoms with E-state index in [0.29, 0.717) is 6.54 Å². The number of aliphatic hydroxyl groups is 1. The molecule has 0 aromatic heterocycles. The van der Waals surface area contributed by atoms with Crippen molar-refractivity contribution in [2.45, 2.75) is 69.5 Å². The van der Waals surface area contributed by atoms with Crippen LogP contribution in [-0.4, -0.2) is 73.7 Å². The zero-order valence-corrected chi connectivity index (χ0v) is 20.8. The molecule has 33 heavy (non-hydrogen) atoms. The third kappa shape index (κ3) is 5.88. The molecule has 0 radical (unpaired) electrons. The summed E-state index contributed by atoms with van der Waals surface area (Å²) in [4.78, 5) is 14.4. The summed E-state index contributed by atoms with van der Waals surface area (Å²) in [5, 5.41) is 12.8. The molecule has 8 nitrogen and oxygen atoms in total. The second-order valence-electron chi connectivity index (χ2n) is 9.26. The molecule has 3 atom stereocenters. The summed E-state index contributed by atoms with van der Waals surface area (Å²) < 4.78 is 34.6. The van der Waals surface area contributed by atoms with E-state index in [9.17, 15) is 18.3 Å². The number of sulfonamides is 1. The number of fused-ring (bicyclic) bond motifs is 1. The molecule has 0 saturated heterocycles. The van der Waals surface area contributed by atoms with Gasteiger partial charge in [0.15, 0.2) is 0 Å². The summed E-state index contributed by atoms with van der Waals surface area (Å²) in [5.74, 6) is 0.0518. The summed E-state index contributed by atoms with van der Waals surface area (Å²) in [6.45, 7) is 5.71. The molecule has 1 fully saturated rings. The van der Waals surface area contributed by atoms with Gasteiger partial charge in [0.25, 0.3) is 0 Å². The Labute approximate surface area is 197 Å². The minimum Gasteiger partial charge on any atom is -0.487 e. The van der Waals surface area contributed by atoms with E-state index in [2.05, 4.69) is 5.32 Å². The van der Waals surface area contributed by atoms with Crippen LogP contribution in [0, 0.1) is 5.92 Å². The molecule has 1 heterocycles. The Bertz CT molecular complexity index is 959. The van der Waals surface area contributed by atoms with Crippen molar-refractivity contribution in [1.29, 1.82) is 0 Å². The van der Waals surface area contributed by atoms with Gasteiger partial charge < -0.3 is 20.1 Å². The van der Waals surface area contributed by atoms with Crippen molar-refractivity contribution in [2.75, 3.05) is 26.7 Å². The molecule has 0 bridgehead atoms. The highest BCUT2D eigenvalue weighted by atomic mass is 32.2. The molecule has 2 N–H and O–H groups in total. The molecule has 1 aromatic carbocycles. The van der Waals surface area contributed by atoms with Crippen LogP contribution < -0.4 is 10.1 Å². The lowest BCUT2D eigenvalue weighted by Gasteiger charge is -2.37. The number of benzene rings is 1. The van der Waals surface area contributed by atoms with E-state index < -0.39 is 22.2 Å². The number of aliphatic hydroxyl groups excluding tert-OH is 1. The number of likely N-dealkylation sites (N-methyl/N-ethyl adjacent to an activating group) is 1. The Hall–Kier alpha value is -2.10.